The minimum Gasteiger partial charge on any atom is -0.339 e. The maximum Gasteiger partial charge on any atom is 0.261 e. The number of sulfonamides is 1. The monoisotopic (exact) mass is 372 g/mol. The lowest BCUT2D eigenvalue weighted by molar-refractivity contribution is 0.0794. The van der Waals surface area contributed by atoms with Crippen molar-refractivity contribution in [2.24, 2.45) is 0 Å². The maximum absolute atomic E-state index is 12.9. The van der Waals surface area contributed by atoms with Gasteiger partial charge in [-0.15, -0.1) is 0 Å². The molecule has 1 aliphatic rings. The third-order valence-corrected chi connectivity index (χ3v) is 6.27. The first-order valence-electron chi connectivity index (χ1n) is 8.78. The topological polar surface area (TPSA) is 66.5 Å². The van der Waals surface area contributed by atoms with E-state index in [9.17, 15) is 13.2 Å². The van der Waals surface area contributed by atoms with Crippen LogP contribution in [0.3, 0.4) is 0 Å². The van der Waals surface area contributed by atoms with Crippen LogP contribution in [0, 0.1) is 20.8 Å². The lowest BCUT2D eigenvalue weighted by Crippen LogP contribution is -2.29. The fourth-order valence-corrected chi connectivity index (χ4v) is 4.38. The van der Waals surface area contributed by atoms with Gasteiger partial charge in [0.15, 0.2) is 0 Å². The molecule has 3 rings (SSSR count). The Morgan fingerprint density at radius 1 is 0.962 bits per heavy atom. The van der Waals surface area contributed by atoms with Gasteiger partial charge in [0.2, 0.25) is 0 Å². The molecule has 0 radical (unpaired) electrons. The number of hydrogen-bond donors (Lipinski definition) is 1. The fraction of sp³-hybridized carbons (Fsp3) is 0.350. The van der Waals surface area contributed by atoms with E-state index < -0.39 is 10.0 Å². The highest BCUT2D eigenvalue weighted by Gasteiger charge is 2.25. The first-order valence-corrected chi connectivity index (χ1v) is 10.3. The van der Waals surface area contributed by atoms with Crippen molar-refractivity contribution >= 4 is 21.6 Å². The van der Waals surface area contributed by atoms with E-state index in [2.05, 4.69) is 4.72 Å². The molecule has 26 heavy (non-hydrogen) atoms. The number of aryl methyl sites for hydroxylation is 3. The Hall–Kier alpha value is -2.34. The van der Waals surface area contributed by atoms with Crippen molar-refractivity contribution < 1.29 is 13.2 Å². The summed E-state index contributed by atoms with van der Waals surface area (Å²) < 4.78 is 28.4. The second-order valence-electron chi connectivity index (χ2n) is 6.85. The van der Waals surface area contributed by atoms with Crippen molar-refractivity contribution in [1.82, 2.24) is 4.90 Å². The number of anilines is 1. The molecule has 0 saturated carbocycles. The molecule has 1 saturated heterocycles. The molecule has 6 heteroatoms. The number of rotatable bonds is 4. The Morgan fingerprint density at radius 3 is 2.31 bits per heavy atom. The largest absolute Gasteiger partial charge is 0.339 e. The highest BCUT2D eigenvalue weighted by molar-refractivity contribution is 7.92. The Labute approximate surface area is 155 Å². The molecule has 1 aliphatic heterocycles. The highest BCUT2D eigenvalue weighted by Crippen LogP contribution is 2.27. The van der Waals surface area contributed by atoms with Gasteiger partial charge in [0.05, 0.1) is 16.1 Å². The zero-order valence-electron chi connectivity index (χ0n) is 15.4. The van der Waals surface area contributed by atoms with E-state index in [1.807, 2.05) is 13.8 Å². The van der Waals surface area contributed by atoms with Gasteiger partial charge in [-0.25, -0.2) is 8.42 Å². The van der Waals surface area contributed by atoms with Crippen LogP contribution in [-0.4, -0.2) is 32.3 Å². The van der Waals surface area contributed by atoms with Gasteiger partial charge in [0.25, 0.3) is 15.9 Å². The molecule has 1 heterocycles. The summed E-state index contributed by atoms with van der Waals surface area (Å²) in [7, 11) is -3.78. The summed E-state index contributed by atoms with van der Waals surface area (Å²) in [4.78, 5) is 14.8. The second kappa shape index (κ2) is 7.11. The Balaban J connectivity index is 1.98. The van der Waals surface area contributed by atoms with Crippen molar-refractivity contribution in [3.05, 3.63) is 58.7 Å². The molecule has 1 N–H and O–H groups in total. The number of hydrogen-bond acceptors (Lipinski definition) is 3. The zero-order chi connectivity index (χ0) is 18.9. The summed E-state index contributed by atoms with van der Waals surface area (Å²) in [6, 6.07) is 10.3. The van der Waals surface area contributed by atoms with E-state index in [1.165, 1.54) is 0 Å². The van der Waals surface area contributed by atoms with Crippen LogP contribution in [0.1, 0.15) is 39.9 Å². The third-order valence-electron chi connectivity index (χ3n) is 4.92. The van der Waals surface area contributed by atoms with Gasteiger partial charge in [-0.05, 0) is 68.5 Å². The molecule has 1 amide bonds. The molecule has 5 nitrogen and oxygen atoms in total. The molecular weight excluding hydrogens is 348 g/mol. The van der Waals surface area contributed by atoms with Crippen molar-refractivity contribution in [3.63, 3.8) is 0 Å². The number of benzene rings is 2. The first kappa shape index (κ1) is 18.5. The summed E-state index contributed by atoms with van der Waals surface area (Å²) >= 11 is 0. The normalized spacial score (nSPS) is 14.5. The number of likely N-dealkylation sites (tertiary alicyclic amines) is 1. The summed E-state index contributed by atoms with van der Waals surface area (Å²) in [5, 5.41) is 0. The average Bonchev–Trinajstić information content (AvgIpc) is 3.13. The molecule has 0 spiro atoms. The minimum atomic E-state index is -3.78. The van der Waals surface area contributed by atoms with Gasteiger partial charge >= 0.3 is 0 Å². The number of amides is 1. The van der Waals surface area contributed by atoms with Crippen molar-refractivity contribution in [2.45, 2.75) is 38.5 Å². The van der Waals surface area contributed by atoms with Crippen molar-refractivity contribution in [2.75, 3.05) is 17.8 Å². The zero-order valence-corrected chi connectivity index (χ0v) is 16.2. The minimum absolute atomic E-state index is 0.121. The van der Waals surface area contributed by atoms with Crippen LogP contribution in [0.5, 0.6) is 0 Å². The Bertz CT molecular complexity index is 946. The van der Waals surface area contributed by atoms with E-state index in [0.29, 0.717) is 11.3 Å². The Morgan fingerprint density at radius 2 is 1.65 bits per heavy atom. The summed E-state index contributed by atoms with van der Waals surface area (Å²) in [5.74, 6) is -0.121. The van der Waals surface area contributed by atoms with E-state index in [4.69, 9.17) is 0 Å². The molecule has 0 aliphatic carbocycles. The summed E-state index contributed by atoms with van der Waals surface area (Å²) in [6.45, 7) is 7.06. The predicted molar refractivity (Wildman–Crippen MR) is 103 cm³/mol. The highest BCUT2D eigenvalue weighted by atomic mass is 32.2. The first-order chi connectivity index (χ1) is 12.3. The van der Waals surface area contributed by atoms with Gasteiger partial charge in [-0.1, -0.05) is 18.2 Å². The summed E-state index contributed by atoms with van der Waals surface area (Å²) in [6.07, 6.45) is 1.97. The fourth-order valence-electron chi connectivity index (χ4n) is 3.15. The van der Waals surface area contributed by atoms with E-state index >= 15 is 0 Å². The molecule has 2 aromatic rings. The molecule has 0 aromatic heterocycles. The maximum atomic E-state index is 12.9. The molecule has 1 fully saturated rings. The van der Waals surface area contributed by atoms with Gasteiger partial charge in [0, 0.05) is 13.1 Å². The van der Waals surface area contributed by atoms with Crippen LogP contribution >= 0.6 is 0 Å². The van der Waals surface area contributed by atoms with Crippen LogP contribution in [0.4, 0.5) is 5.69 Å². The van der Waals surface area contributed by atoms with Crippen molar-refractivity contribution in [1.29, 1.82) is 0 Å². The third kappa shape index (κ3) is 3.60. The van der Waals surface area contributed by atoms with E-state index in [1.54, 1.807) is 48.2 Å². The van der Waals surface area contributed by atoms with Crippen molar-refractivity contribution in [3.8, 4) is 0 Å². The van der Waals surface area contributed by atoms with Crippen LogP contribution in [0.25, 0.3) is 0 Å². The number of para-hydroxylation sites is 1. The summed E-state index contributed by atoms with van der Waals surface area (Å²) in [5.41, 5.74) is 3.43. The lowest BCUT2D eigenvalue weighted by atomic mass is 10.1. The number of nitrogens with zero attached hydrogens (tertiary/aromatic N) is 1. The standard InChI is InChI=1S/C20H24N2O3S/c1-14-9-10-17(13-16(14)3)26(24,25)21-19-15(2)7-6-8-18(19)20(23)22-11-4-5-12-22/h6-10,13,21H,4-5,11-12H2,1-3H3. The Kier molecular flexibility index (Phi) is 5.05. The van der Waals surface area contributed by atoms with Crippen LogP contribution in [0.2, 0.25) is 0 Å². The molecule has 2 aromatic carbocycles. The van der Waals surface area contributed by atoms with Crippen LogP contribution in [-0.2, 0) is 10.0 Å². The van der Waals surface area contributed by atoms with Gasteiger partial charge in [-0.3, -0.25) is 9.52 Å². The quantitative estimate of drug-likeness (QED) is 0.891. The van der Waals surface area contributed by atoms with Crippen LogP contribution in [0.15, 0.2) is 41.3 Å². The SMILES string of the molecule is Cc1ccc(S(=O)(=O)Nc2c(C)cccc2C(=O)N2CCCC2)cc1C. The van der Waals surface area contributed by atoms with Crippen LogP contribution < -0.4 is 4.72 Å². The number of nitrogens with one attached hydrogen (secondary N) is 1. The average molecular weight is 372 g/mol. The predicted octanol–water partition coefficient (Wildman–Crippen LogP) is 3.65. The second-order valence-corrected chi connectivity index (χ2v) is 8.53. The molecular formula is C20H24N2O3S. The molecule has 138 valence electrons. The van der Waals surface area contributed by atoms with E-state index in [-0.39, 0.29) is 10.8 Å². The smallest absolute Gasteiger partial charge is 0.261 e. The molecule has 0 atom stereocenters. The number of carbonyl (C=O) groups is 1. The lowest BCUT2D eigenvalue weighted by Gasteiger charge is -2.20. The molecule has 0 bridgehead atoms. The molecule has 0 unspecified atom stereocenters. The number of carbonyl (C=O) groups excluding carboxylic acids is 1. The van der Waals surface area contributed by atoms with Gasteiger partial charge in [0.1, 0.15) is 0 Å². The van der Waals surface area contributed by atoms with Gasteiger partial charge < -0.3 is 4.90 Å². The van der Waals surface area contributed by atoms with Gasteiger partial charge in [-0.2, -0.15) is 0 Å². The van der Waals surface area contributed by atoms with E-state index in [0.717, 1.165) is 42.6 Å².